The number of rotatable bonds is 3. The number of hydrogen-bond acceptors (Lipinski definition) is 3. The zero-order chi connectivity index (χ0) is 14.3. The number of halogens is 1. The van der Waals surface area contributed by atoms with Crippen LogP contribution in [0.15, 0.2) is 47.4 Å². The largest absolute Gasteiger partial charge is 0.399 e. The standard InChI is InChI=1S/C15H14ClNO2S/c16-14-6-5-12(17)8-15(14)20(18,19)9-11-7-10-3-1-2-4-13(10)11/h1-6,8,11H,7,9,17H2. The van der Waals surface area contributed by atoms with Crippen LogP contribution in [0.25, 0.3) is 0 Å². The summed E-state index contributed by atoms with van der Waals surface area (Å²) in [5, 5.41) is 0.229. The minimum absolute atomic E-state index is 0.0497. The number of anilines is 1. The monoisotopic (exact) mass is 307 g/mol. The summed E-state index contributed by atoms with van der Waals surface area (Å²) in [5.41, 5.74) is 8.41. The second kappa shape index (κ2) is 4.79. The summed E-state index contributed by atoms with van der Waals surface area (Å²) in [6, 6.07) is 12.5. The summed E-state index contributed by atoms with van der Waals surface area (Å²) in [6.45, 7) is 0. The maximum Gasteiger partial charge on any atom is 0.180 e. The molecule has 1 aliphatic carbocycles. The molecule has 1 atom stereocenters. The van der Waals surface area contributed by atoms with Crippen LogP contribution in [0.5, 0.6) is 0 Å². The topological polar surface area (TPSA) is 60.2 Å². The van der Waals surface area contributed by atoms with Crippen LogP contribution >= 0.6 is 11.6 Å². The first-order chi connectivity index (χ1) is 9.47. The molecule has 0 saturated heterocycles. The van der Waals surface area contributed by atoms with Crippen molar-refractivity contribution in [2.24, 2.45) is 0 Å². The van der Waals surface area contributed by atoms with E-state index in [2.05, 4.69) is 0 Å². The minimum atomic E-state index is -3.43. The third-order valence-electron chi connectivity index (χ3n) is 3.67. The Morgan fingerprint density at radius 1 is 1.20 bits per heavy atom. The minimum Gasteiger partial charge on any atom is -0.399 e. The quantitative estimate of drug-likeness (QED) is 0.887. The smallest absolute Gasteiger partial charge is 0.180 e. The fraction of sp³-hybridized carbons (Fsp3) is 0.200. The zero-order valence-electron chi connectivity index (χ0n) is 10.7. The van der Waals surface area contributed by atoms with Crippen LogP contribution in [-0.4, -0.2) is 14.2 Å². The molecule has 2 aromatic carbocycles. The Hall–Kier alpha value is -1.52. The Morgan fingerprint density at radius 2 is 1.95 bits per heavy atom. The molecule has 2 aromatic rings. The van der Waals surface area contributed by atoms with E-state index < -0.39 is 9.84 Å². The molecule has 0 spiro atoms. The Bertz CT molecular complexity index is 771. The molecule has 3 rings (SSSR count). The summed E-state index contributed by atoms with van der Waals surface area (Å²) < 4.78 is 25.0. The molecule has 104 valence electrons. The van der Waals surface area contributed by atoms with Crippen LogP contribution in [0.3, 0.4) is 0 Å². The molecule has 0 saturated carbocycles. The molecule has 5 heteroatoms. The fourth-order valence-corrected chi connectivity index (χ4v) is 4.78. The van der Waals surface area contributed by atoms with Crippen LogP contribution < -0.4 is 5.73 Å². The van der Waals surface area contributed by atoms with E-state index in [1.807, 2.05) is 24.3 Å². The molecule has 0 radical (unpaired) electrons. The third kappa shape index (κ3) is 2.30. The van der Waals surface area contributed by atoms with Crippen molar-refractivity contribution in [3.63, 3.8) is 0 Å². The van der Waals surface area contributed by atoms with Crippen molar-refractivity contribution >= 4 is 27.1 Å². The van der Waals surface area contributed by atoms with Crippen LogP contribution in [0, 0.1) is 0 Å². The van der Waals surface area contributed by atoms with E-state index in [1.54, 1.807) is 6.07 Å². The molecular formula is C15H14ClNO2S. The first-order valence-electron chi connectivity index (χ1n) is 6.33. The average molecular weight is 308 g/mol. The van der Waals surface area contributed by atoms with Gasteiger partial charge in [-0.2, -0.15) is 0 Å². The van der Waals surface area contributed by atoms with Gasteiger partial charge in [0.2, 0.25) is 0 Å². The van der Waals surface area contributed by atoms with Crippen molar-refractivity contribution < 1.29 is 8.42 Å². The molecule has 1 aliphatic rings. The fourth-order valence-electron chi connectivity index (χ4n) is 2.62. The molecule has 0 heterocycles. The van der Waals surface area contributed by atoms with E-state index in [0.29, 0.717) is 5.69 Å². The number of fused-ring (bicyclic) bond motifs is 1. The third-order valence-corrected chi connectivity index (χ3v) is 5.96. The van der Waals surface area contributed by atoms with Gasteiger partial charge in [-0.05, 0) is 35.7 Å². The van der Waals surface area contributed by atoms with E-state index in [1.165, 1.54) is 17.7 Å². The van der Waals surface area contributed by atoms with Crippen molar-refractivity contribution in [1.82, 2.24) is 0 Å². The van der Waals surface area contributed by atoms with Gasteiger partial charge in [-0.25, -0.2) is 8.42 Å². The molecule has 20 heavy (non-hydrogen) atoms. The molecule has 0 aromatic heterocycles. The summed E-state index contributed by atoms with van der Waals surface area (Å²) in [6.07, 6.45) is 0.801. The highest BCUT2D eigenvalue weighted by molar-refractivity contribution is 7.91. The van der Waals surface area contributed by atoms with Crippen molar-refractivity contribution in [3.8, 4) is 0 Å². The lowest BCUT2D eigenvalue weighted by Gasteiger charge is -2.29. The SMILES string of the molecule is Nc1ccc(Cl)c(S(=O)(=O)CC2Cc3ccccc32)c1. The van der Waals surface area contributed by atoms with Crippen molar-refractivity contribution in [1.29, 1.82) is 0 Å². The van der Waals surface area contributed by atoms with Gasteiger partial charge in [-0.1, -0.05) is 35.9 Å². The van der Waals surface area contributed by atoms with Gasteiger partial charge >= 0.3 is 0 Å². The van der Waals surface area contributed by atoms with Gasteiger partial charge in [0.25, 0.3) is 0 Å². The van der Waals surface area contributed by atoms with Crippen LogP contribution in [0.1, 0.15) is 17.0 Å². The Morgan fingerprint density at radius 3 is 2.70 bits per heavy atom. The highest BCUT2D eigenvalue weighted by Gasteiger charge is 2.31. The number of nitrogen functional groups attached to an aromatic ring is 1. The summed E-state index contributed by atoms with van der Waals surface area (Å²) in [7, 11) is -3.43. The normalized spacial score (nSPS) is 17.4. The summed E-state index contributed by atoms with van der Waals surface area (Å²) >= 11 is 5.99. The maximum absolute atomic E-state index is 12.5. The van der Waals surface area contributed by atoms with E-state index in [4.69, 9.17) is 17.3 Å². The van der Waals surface area contributed by atoms with Crippen LogP contribution in [0.4, 0.5) is 5.69 Å². The Kier molecular flexibility index (Phi) is 3.22. The van der Waals surface area contributed by atoms with E-state index in [0.717, 1.165) is 12.0 Å². The lowest BCUT2D eigenvalue weighted by Crippen LogP contribution is -2.25. The van der Waals surface area contributed by atoms with Gasteiger partial charge < -0.3 is 5.73 Å². The predicted octanol–water partition coefficient (Wildman–Crippen LogP) is 3.04. The second-order valence-corrected chi connectivity index (χ2v) is 7.48. The molecule has 1 unspecified atom stereocenters. The van der Waals surface area contributed by atoms with Gasteiger partial charge in [0, 0.05) is 11.6 Å². The van der Waals surface area contributed by atoms with Gasteiger partial charge in [-0.3, -0.25) is 0 Å². The lowest BCUT2D eigenvalue weighted by atomic mass is 9.79. The molecule has 2 N–H and O–H groups in total. The lowest BCUT2D eigenvalue weighted by molar-refractivity contribution is 0.577. The van der Waals surface area contributed by atoms with Crippen molar-refractivity contribution in [2.75, 3.05) is 11.5 Å². The highest BCUT2D eigenvalue weighted by Crippen LogP contribution is 2.37. The van der Waals surface area contributed by atoms with Gasteiger partial charge in [0.15, 0.2) is 9.84 Å². The molecular weight excluding hydrogens is 294 g/mol. The molecule has 0 aliphatic heterocycles. The molecule has 3 nitrogen and oxygen atoms in total. The van der Waals surface area contributed by atoms with Gasteiger partial charge in [0.1, 0.15) is 0 Å². The highest BCUT2D eigenvalue weighted by atomic mass is 35.5. The summed E-state index contributed by atoms with van der Waals surface area (Å²) in [5.74, 6) is 0.126. The first-order valence-corrected chi connectivity index (χ1v) is 8.36. The first kappa shape index (κ1) is 13.5. The van der Waals surface area contributed by atoms with Crippen LogP contribution in [0.2, 0.25) is 5.02 Å². The number of benzene rings is 2. The average Bonchev–Trinajstić information content (AvgIpc) is 2.39. The van der Waals surface area contributed by atoms with E-state index in [-0.39, 0.29) is 21.6 Å². The van der Waals surface area contributed by atoms with E-state index >= 15 is 0 Å². The van der Waals surface area contributed by atoms with E-state index in [9.17, 15) is 8.42 Å². The van der Waals surface area contributed by atoms with Crippen LogP contribution in [-0.2, 0) is 16.3 Å². The number of hydrogen-bond donors (Lipinski definition) is 1. The molecule has 0 bridgehead atoms. The summed E-state index contributed by atoms with van der Waals surface area (Å²) in [4.78, 5) is 0.128. The van der Waals surface area contributed by atoms with Gasteiger partial charge in [-0.15, -0.1) is 0 Å². The molecule has 0 fully saturated rings. The number of sulfone groups is 1. The van der Waals surface area contributed by atoms with Crippen molar-refractivity contribution in [3.05, 3.63) is 58.6 Å². The van der Waals surface area contributed by atoms with Gasteiger partial charge in [0.05, 0.1) is 15.7 Å². The zero-order valence-corrected chi connectivity index (χ0v) is 12.3. The second-order valence-electron chi connectivity index (χ2n) is 5.07. The Labute approximate surface area is 123 Å². The predicted molar refractivity (Wildman–Crippen MR) is 80.8 cm³/mol. The maximum atomic E-state index is 12.5. The number of nitrogens with two attached hydrogens (primary N) is 1. The molecule has 0 amide bonds. The Balaban J connectivity index is 1.90. The van der Waals surface area contributed by atoms with Crippen molar-refractivity contribution in [2.45, 2.75) is 17.2 Å².